The Hall–Kier alpha value is -3.68. The van der Waals surface area contributed by atoms with Gasteiger partial charge in [-0.05, 0) is 59.3 Å². The Morgan fingerprint density at radius 3 is 1.73 bits per heavy atom. The lowest BCUT2D eigenvalue weighted by molar-refractivity contribution is 0.907. The Labute approximate surface area is 222 Å². The monoisotopic (exact) mass is 494 g/mol. The number of allylic oxidation sites excluding steroid dienone is 5. The van der Waals surface area contributed by atoms with Gasteiger partial charge in [0, 0.05) is 5.54 Å². The summed E-state index contributed by atoms with van der Waals surface area (Å²) in [6, 6.07) is 40.8. The smallest absolute Gasteiger partial charge is 0.0748 e. The second-order valence-corrected chi connectivity index (χ2v) is 14.6. The van der Waals surface area contributed by atoms with Crippen LogP contribution in [0.2, 0.25) is 0 Å². The molecule has 0 aliphatic heterocycles. The van der Waals surface area contributed by atoms with Crippen molar-refractivity contribution in [3.63, 3.8) is 0 Å². The van der Waals surface area contributed by atoms with Gasteiger partial charge in [0.05, 0.1) is 0 Å². The molecule has 0 nitrogen and oxygen atoms in total. The van der Waals surface area contributed by atoms with Gasteiger partial charge in [0.15, 0.2) is 8.07 Å². The fourth-order valence-electron chi connectivity index (χ4n) is 7.16. The maximum absolute atomic E-state index is 2.53. The van der Waals surface area contributed by atoms with Crippen molar-refractivity contribution in [1.82, 2.24) is 0 Å². The van der Waals surface area contributed by atoms with E-state index in [4.69, 9.17) is 0 Å². The van der Waals surface area contributed by atoms with Crippen molar-refractivity contribution in [2.24, 2.45) is 5.92 Å². The second-order valence-electron chi connectivity index (χ2n) is 10.7. The normalized spacial score (nSPS) is 19.0. The van der Waals surface area contributed by atoms with Gasteiger partial charge in [0.1, 0.15) is 0 Å². The molecule has 182 valence electrons. The summed E-state index contributed by atoms with van der Waals surface area (Å²) >= 11 is 0. The number of rotatable bonds is 5. The highest BCUT2D eigenvalue weighted by Crippen LogP contribution is 2.50. The summed E-state index contributed by atoms with van der Waals surface area (Å²) in [5.41, 5.74) is 10.2. The predicted molar refractivity (Wildman–Crippen MR) is 162 cm³/mol. The molecular formula is C36H34Si. The molecule has 0 radical (unpaired) electrons. The van der Waals surface area contributed by atoms with Crippen LogP contribution in [0, 0.1) is 5.92 Å². The molecule has 0 fully saturated rings. The highest BCUT2D eigenvalue weighted by atomic mass is 28.3. The first kappa shape index (κ1) is 23.7. The highest BCUT2D eigenvalue weighted by molar-refractivity contribution is 7.09. The van der Waals surface area contributed by atoms with Crippen LogP contribution in [0.4, 0.5) is 0 Å². The van der Waals surface area contributed by atoms with E-state index in [1.54, 1.807) is 5.20 Å². The van der Waals surface area contributed by atoms with Crippen molar-refractivity contribution >= 4 is 24.5 Å². The van der Waals surface area contributed by atoms with Gasteiger partial charge in [0.2, 0.25) is 0 Å². The molecule has 0 aromatic heterocycles. The highest BCUT2D eigenvalue weighted by Gasteiger charge is 2.53. The first-order valence-corrected chi connectivity index (χ1v) is 15.5. The lowest BCUT2D eigenvalue weighted by Crippen LogP contribution is -2.65. The van der Waals surface area contributed by atoms with Gasteiger partial charge in [-0.1, -0.05) is 150 Å². The van der Waals surface area contributed by atoms with Crippen molar-refractivity contribution in [1.29, 1.82) is 0 Å². The zero-order chi connectivity index (χ0) is 25.6. The molecule has 2 aliphatic carbocycles. The molecule has 37 heavy (non-hydrogen) atoms. The van der Waals surface area contributed by atoms with Crippen molar-refractivity contribution < 1.29 is 0 Å². The summed E-state index contributed by atoms with van der Waals surface area (Å²) in [7, 11) is -2.53. The standard InChI is InChI=1S/C36H34Si/c1-25-23-26(2)35(28(25)4)37(30-17-10-6-11-18-30,31-19-12-7-13-20-31)36-27(3)24-34-32(21-14-22-33(34)36)29-15-8-5-9-16-29/h5-24,26,36H,1-4H3. The fraction of sp³-hybridized carbons (Fsp3) is 0.167. The second kappa shape index (κ2) is 9.32. The Morgan fingerprint density at radius 1 is 0.622 bits per heavy atom. The van der Waals surface area contributed by atoms with E-state index in [-0.39, 0.29) is 0 Å². The average Bonchev–Trinajstić information content (AvgIpc) is 3.41. The molecule has 1 heteroatoms. The minimum atomic E-state index is -2.53. The Bertz CT molecular complexity index is 1500. The van der Waals surface area contributed by atoms with E-state index in [1.807, 2.05) is 0 Å². The Balaban J connectivity index is 1.71. The van der Waals surface area contributed by atoms with Crippen LogP contribution in [0.15, 0.2) is 137 Å². The first-order chi connectivity index (χ1) is 18.0. The molecule has 0 spiro atoms. The largest absolute Gasteiger partial charge is 0.156 e. The molecule has 0 N–H and O–H groups in total. The fourth-order valence-corrected chi connectivity index (χ4v) is 13.6. The maximum atomic E-state index is 2.49. The van der Waals surface area contributed by atoms with Gasteiger partial charge in [-0.3, -0.25) is 0 Å². The topological polar surface area (TPSA) is 0 Å². The molecule has 0 saturated carbocycles. The zero-order valence-electron chi connectivity index (χ0n) is 22.2. The van der Waals surface area contributed by atoms with Crippen LogP contribution in [0.1, 0.15) is 44.4 Å². The average molecular weight is 495 g/mol. The van der Waals surface area contributed by atoms with E-state index in [1.165, 1.54) is 49.3 Å². The summed E-state index contributed by atoms with van der Waals surface area (Å²) in [6.07, 6.45) is 4.99. The van der Waals surface area contributed by atoms with Gasteiger partial charge >= 0.3 is 0 Å². The van der Waals surface area contributed by atoms with E-state index in [9.17, 15) is 0 Å². The van der Waals surface area contributed by atoms with E-state index in [0.29, 0.717) is 11.5 Å². The Kier molecular flexibility index (Phi) is 5.97. The van der Waals surface area contributed by atoms with Gasteiger partial charge in [-0.25, -0.2) is 0 Å². The van der Waals surface area contributed by atoms with E-state index < -0.39 is 8.07 Å². The quantitative estimate of drug-likeness (QED) is 0.246. The van der Waals surface area contributed by atoms with Crippen LogP contribution in [0.25, 0.3) is 17.2 Å². The third-order valence-electron chi connectivity index (χ3n) is 8.63. The van der Waals surface area contributed by atoms with Gasteiger partial charge in [0.25, 0.3) is 0 Å². The molecule has 6 rings (SSSR count). The molecule has 2 aliphatic rings. The minimum absolute atomic E-state index is 0.336. The van der Waals surface area contributed by atoms with Crippen LogP contribution in [0.3, 0.4) is 0 Å². The molecular weight excluding hydrogens is 460 g/mol. The van der Waals surface area contributed by atoms with Gasteiger partial charge in [-0.15, -0.1) is 0 Å². The molecule has 4 aromatic rings. The third kappa shape index (κ3) is 3.64. The summed E-state index contributed by atoms with van der Waals surface area (Å²) in [6.45, 7) is 9.46. The molecule has 2 atom stereocenters. The van der Waals surface area contributed by atoms with Crippen LogP contribution in [-0.2, 0) is 0 Å². The molecule has 2 unspecified atom stereocenters. The zero-order valence-corrected chi connectivity index (χ0v) is 23.2. The van der Waals surface area contributed by atoms with Crippen LogP contribution < -0.4 is 10.4 Å². The number of benzene rings is 4. The van der Waals surface area contributed by atoms with Crippen molar-refractivity contribution in [3.05, 3.63) is 148 Å². The number of hydrogen-bond acceptors (Lipinski definition) is 0. The molecule has 0 amide bonds. The SMILES string of the molecule is CC1=CC(C)C([Si](c2ccccc2)(c2ccccc2)C2C(C)=Cc3c(-c4ccccc4)cccc32)=C1C. The van der Waals surface area contributed by atoms with Crippen molar-refractivity contribution in [2.75, 3.05) is 0 Å². The summed E-state index contributed by atoms with van der Waals surface area (Å²) < 4.78 is 0. The van der Waals surface area contributed by atoms with E-state index in [0.717, 1.165) is 0 Å². The van der Waals surface area contributed by atoms with Crippen LogP contribution in [-0.4, -0.2) is 8.07 Å². The Morgan fingerprint density at radius 2 is 1.19 bits per heavy atom. The van der Waals surface area contributed by atoms with Gasteiger partial charge < -0.3 is 0 Å². The van der Waals surface area contributed by atoms with Crippen LogP contribution >= 0.6 is 0 Å². The molecule has 0 saturated heterocycles. The maximum Gasteiger partial charge on any atom is 0.156 e. The summed E-state index contributed by atoms with van der Waals surface area (Å²) in [5, 5.41) is 4.67. The van der Waals surface area contributed by atoms with Gasteiger partial charge in [-0.2, -0.15) is 0 Å². The predicted octanol–water partition coefficient (Wildman–Crippen LogP) is 8.11. The lowest BCUT2D eigenvalue weighted by Gasteiger charge is -2.43. The summed E-state index contributed by atoms with van der Waals surface area (Å²) in [4.78, 5) is 0. The first-order valence-electron chi connectivity index (χ1n) is 13.4. The molecule has 0 heterocycles. The number of hydrogen-bond donors (Lipinski definition) is 0. The van der Waals surface area contributed by atoms with E-state index in [2.05, 4.69) is 149 Å². The van der Waals surface area contributed by atoms with E-state index >= 15 is 0 Å². The number of fused-ring (bicyclic) bond motifs is 1. The van der Waals surface area contributed by atoms with Crippen molar-refractivity contribution in [3.8, 4) is 11.1 Å². The minimum Gasteiger partial charge on any atom is -0.0748 e. The molecule has 0 bridgehead atoms. The van der Waals surface area contributed by atoms with Crippen molar-refractivity contribution in [2.45, 2.75) is 33.2 Å². The van der Waals surface area contributed by atoms with Crippen LogP contribution in [0.5, 0.6) is 0 Å². The lowest BCUT2D eigenvalue weighted by atomic mass is 9.97. The molecule has 4 aromatic carbocycles. The third-order valence-corrected chi connectivity index (χ3v) is 14.4. The summed E-state index contributed by atoms with van der Waals surface area (Å²) in [5.74, 6) is 0.418.